The SMILES string of the molecule is CCC(=O)c1cc(Nc2cc(NC(C)C)nc(-c3cccc(C(F)(F)F)n3)n2)ccn1. The summed E-state index contributed by atoms with van der Waals surface area (Å²) in [6.45, 7) is 5.55. The van der Waals surface area contributed by atoms with E-state index >= 15 is 0 Å². The van der Waals surface area contributed by atoms with Gasteiger partial charge >= 0.3 is 6.18 Å². The number of nitrogens with one attached hydrogen (secondary N) is 2. The molecule has 31 heavy (non-hydrogen) atoms. The predicted molar refractivity (Wildman–Crippen MR) is 111 cm³/mol. The Morgan fingerprint density at radius 2 is 1.81 bits per heavy atom. The van der Waals surface area contributed by atoms with E-state index < -0.39 is 11.9 Å². The van der Waals surface area contributed by atoms with Crippen LogP contribution in [0.3, 0.4) is 0 Å². The minimum absolute atomic E-state index is 0.0122. The molecule has 0 unspecified atom stereocenters. The molecule has 0 atom stereocenters. The molecule has 3 aromatic rings. The van der Waals surface area contributed by atoms with Crippen LogP contribution in [0, 0.1) is 0 Å². The molecule has 0 aliphatic heterocycles. The minimum Gasteiger partial charge on any atom is -0.368 e. The van der Waals surface area contributed by atoms with E-state index in [1.165, 1.54) is 18.3 Å². The summed E-state index contributed by atoms with van der Waals surface area (Å²) in [5.74, 6) is 0.662. The summed E-state index contributed by atoms with van der Waals surface area (Å²) in [5, 5.41) is 6.18. The number of hydrogen-bond acceptors (Lipinski definition) is 7. The van der Waals surface area contributed by atoms with Gasteiger partial charge in [-0.2, -0.15) is 13.2 Å². The quantitative estimate of drug-likeness (QED) is 0.503. The Balaban J connectivity index is 2.01. The van der Waals surface area contributed by atoms with E-state index in [-0.39, 0.29) is 23.3 Å². The van der Waals surface area contributed by atoms with E-state index in [9.17, 15) is 18.0 Å². The first-order valence-corrected chi connectivity index (χ1v) is 9.62. The average Bonchev–Trinajstić information content (AvgIpc) is 2.72. The first-order chi connectivity index (χ1) is 14.7. The first-order valence-electron chi connectivity index (χ1n) is 9.62. The Morgan fingerprint density at radius 3 is 2.48 bits per heavy atom. The van der Waals surface area contributed by atoms with Gasteiger partial charge < -0.3 is 10.6 Å². The largest absolute Gasteiger partial charge is 0.433 e. The molecular formula is C21H21F3N6O. The van der Waals surface area contributed by atoms with Crippen molar-refractivity contribution in [3.63, 3.8) is 0 Å². The van der Waals surface area contributed by atoms with Crippen molar-refractivity contribution in [2.24, 2.45) is 0 Å². The number of rotatable bonds is 7. The predicted octanol–water partition coefficient (Wildman–Crippen LogP) is 5.11. The topological polar surface area (TPSA) is 92.7 Å². The zero-order valence-electron chi connectivity index (χ0n) is 17.2. The van der Waals surface area contributed by atoms with Crippen molar-refractivity contribution in [2.75, 3.05) is 10.6 Å². The van der Waals surface area contributed by atoms with E-state index in [0.717, 1.165) is 6.07 Å². The molecule has 162 valence electrons. The van der Waals surface area contributed by atoms with Crippen LogP contribution in [0.15, 0.2) is 42.6 Å². The number of anilines is 3. The highest BCUT2D eigenvalue weighted by molar-refractivity contribution is 5.94. The van der Waals surface area contributed by atoms with Crippen LogP contribution in [0.5, 0.6) is 0 Å². The van der Waals surface area contributed by atoms with Gasteiger partial charge in [0.25, 0.3) is 0 Å². The summed E-state index contributed by atoms with van der Waals surface area (Å²) >= 11 is 0. The van der Waals surface area contributed by atoms with Gasteiger partial charge in [-0.1, -0.05) is 13.0 Å². The van der Waals surface area contributed by atoms with Gasteiger partial charge in [0.1, 0.15) is 28.7 Å². The van der Waals surface area contributed by atoms with Crippen molar-refractivity contribution in [3.05, 3.63) is 54.0 Å². The molecule has 2 N–H and O–H groups in total. The van der Waals surface area contributed by atoms with Crippen molar-refractivity contribution >= 4 is 23.1 Å². The van der Waals surface area contributed by atoms with Crippen LogP contribution in [-0.4, -0.2) is 31.8 Å². The average molecular weight is 430 g/mol. The second-order valence-corrected chi connectivity index (χ2v) is 7.00. The van der Waals surface area contributed by atoms with Gasteiger partial charge in [-0.15, -0.1) is 0 Å². The van der Waals surface area contributed by atoms with Gasteiger partial charge in [-0.05, 0) is 38.1 Å². The van der Waals surface area contributed by atoms with Crippen LogP contribution in [-0.2, 0) is 6.18 Å². The van der Waals surface area contributed by atoms with Crippen molar-refractivity contribution < 1.29 is 18.0 Å². The third-order valence-corrected chi connectivity index (χ3v) is 4.07. The van der Waals surface area contributed by atoms with Crippen molar-refractivity contribution in [1.82, 2.24) is 19.9 Å². The molecule has 0 aromatic carbocycles. The number of ketones is 1. The fourth-order valence-corrected chi connectivity index (χ4v) is 2.70. The number of alkyl halides is 3. The lowest BCUT2D eigenvalue weighted by Crippen LogP contribution is -2.13. The summed E-state index contributed by atoms with van der Waals surface area (Å²) < 4.78 is 39.2. The molecule has 0 spiro atoms. The molecule has 0 saturated carbocycles. The third-order valence-electron chi connectivity index (χ3n) is 4.07. The van der Waals surface area contributed by atoms with Crippen LogP contribution in [0.4, 0.5) is 30.5 Å². The number of carbonyl (C=O) groups is 1. The number of halogens is 3. The molecule has 0 radical (unpaired) electrons. The number of carbonyl (C=O) groups excluding carboxylic acids is 1. The van der Waals surface area contributed by atoms with E-state index in [4.69, 9.17) is 0 Å². The third kappa shape index (κ3) is 5.74. The second-order valence-electron chi connectivity index (χ2n) is 7.00. The summed E-state index contributed by atoms with van der Waals surface area (Å²) in [6.07, 6.45) is -2.77. The summed E-state index contributed by atoms with van der Waals surface area (Å²) in [7, 11) is 0. The fraction of sp³-hybridized carbons (Fsp3) is 0.286. The monoisotopic (exact) mass is 430 g/mol. The maximum atomic E-state index is 13.1. The van der Waals surface area contributed by atoms with Crippen molar-refractivity contribution in [3.8, 4) is 11.5 Å². The van der Waals surface area contributed by atoms with Gasteiger partial charge in [0.05, 0.1) is 0 Å². The Hall–Kier alpha value is -3.56. The Kier molecular flexibility index (Phi) is 6.47. The van der Waals surface area contributed by atoms with E-state index in [2.05, 4.69) is 30.6 Å². The Bertz CT molecular complexity index is 1080. The molecule has 0 amide bonds. The molecule has 0 saturated heterocycles. The molecule has 3 rings (SSSR count). The van der Waals surface area contributed by atoms with Crippen LogP contribution in [0.2, 0.25) is 0 Å². The fourth-order valence-electron chi connectivity index (χ4n) is 2.70. The van der Waals surface area contributed by atoms with E-state index in [0.29, 0.717) is 29.4 Å². The summed E-state index contributed by atoms with van der Waals surface area (Å²) in [4.78, 5) is 28.3. The highest BCUT2D eigenvalue weighted by Gasteiger charge is 2.32. The highest BCUT2D eigenvalue weighted by atomic mass is 19.4. The maximum Gasteiger partial charge on any atom is 0.433 e. The number of Topliss-reactive ketones (excluding diaryl/α,β-unsaturated/α-hetero) is 1. The normalized spacial score (nSPS) is 11.5. The molecule has 3 heterocycles. The van der Waals surface area contributed by atoms with Gasteiger partial charge in [0.2, 0.25) is 0 Å². The van der Waals surface area contributed by atoms with Crippen LogP contribution >= 0.6 is 0 Å². The smallest absolute Gasteiger partial charge is 0.368 e. The standard InChI is InChI=1S/C21H21F3N6O/c1-4-16(31)15-10-13(8-9-25-15)27-19-11-18(26-12(2)3)29-20(30-19)14-6-5-7-17(28-14)21(22,23)24/h5-12H,4H2,1-3H3,(H2,25,26,27,29,30). The number of aromatic nitrogens is 4. The Labute approximate surface area is 177 Å². The zero-order valence-corrected chi connectivity index (χ0v) is 17.2. The minimum atomic E-state index is -4.58. The highest BCUT2D eigenvalue weighted by Crippen LogP contribution is 2.29. The second kappa shape index (κ2) is 9.07. The van der Waals surface area contributed by atoms with Crippen LogP contribution in [0.1, 0.15) is 43.4 Å². The van der Waals surface area contributed by atoms with E-state index in [1.54, 1.807) is 25.1 Å². The molecule has 0 aliphatic rings. The van der Waals surface area contributed by atoms with Crippen molar-refractivity contribution in [2.45, 2.75) is 39.4 Å². The molecule has 0 aliphatic carbocycles. The molecular weight excluding hydrogens is 409 g/mol. The van der Waals surface area contributed by atoms with Gasteiger partial charge in [0.15, 0.2) is 11.6 Å². The zero-order chi connectivity index (χ0) is 22.6. The summed E-state index contributed by atoms with van der Waals surface area (Å²) in [5.41, 5.74) is -0.171. The molecule has 10 heteroatoms. The Morgan fingerprint density at radius 1 is 1.06 bits per heavy atom. The number of hydrogen-bond donors (Lipinski definition) is 2. The lowest BCUT2D eigenvalue weighted by molar-refractivity contribution is -0.141. The lowest BCUT2D eigenvalue weighted by atomic mass is 10.2. The summed E-state index contributed by atoms with van der Waals surface area (Å²) in [6, 6.07) is 8.46. The number of pyridine rings is 2. The van der Waals surface area contributed by atoms with Crippen molar-refractivity contribution in [1.29, 1.82) is 0 Å². The van der Waals surface area contributed by atoms with Gasteiger partial charge in [-0.3, -0.25) is 9.78 Å². The van der Waals surface area contributed by atoms with Crippen LogP contribution in [0.25, 0.3) is 11.5 Å². The lowest BCUT2D eigenvalue weighted by Gasteiger charge is -2.14. The van der Waals surface area contributed by atoms with Crippen LogP contribution < -0.4 is 10.6 Å². The van der Waals surface area contributed by atoms with Gasteiger partial charge in [0, 0.05) is 30.4 Å². The van der Waals surface area contributed by atoms with Gasteiger partial charge in [-0.25, -0.2) is 15.0 Å². The van der Waals surface area contributed by atoms with E-state index in [1.807, 2.05) is 13.8 Å². The molecule has 3 aromatic heterocycles. The molecule has 0 bridgehead atoms. The number of nitrogens with zero attached hydrogens (tertiary/aromatic N) is 4. The molecule has 7 nitrogen and oxygen atoms in total. The molecule has 0 fully saturated rings. The first kappa shape index (κ1) is 22.1. The maximum absolute atomic E-state index is 13.1.